The van der Waals surface area contributed by atoms with Gasteiger partial charge in [-0.15, -0.1) is 13.2 Å². The van der Waals surface area contributed by atoms with Crippen molar-refractivity contribution in [1.29, 1.82) is 0 Å². The lowest BCUT2D eigenvalue weighted by molar-refractivity contribution is 0.0568. The fourth-order valence-corrected chi connectivity index (χ4v) is 3.15. The molecule has 2 atom stereocenters. The van der Waals surface area contributed by atoms with E-state index < -0.39 is 31.1 Å². The second-order valence-electron chi connectivity index (χ2n) is 4.46. The Kier molecular flexibility index (Phi) is 8.98. The van der Waals surface area contributed by atoms with Gasteiger partial charge in [0.25, 0.3) is 20.2 Å². The molecule has 0 amide bonds. The highest BCUT2D eigenvalue weighted by Gasteiger charge is 2.32. The van der Waals surface area contributed by atoms with Crippen molar-refractivity contribution in [3.8, 4) is 0 Å². The fraction of sp³-hybridized carbons (Fsp3) is 0.667. The second kappa shape index (κ2) is 9.31. The van der Waals surface area contributed by atoms with E-state index in [1.54, 1.807) is 12.2 Å². The molecular formula is C12H22O7S2. The molecule has 0 radical (unpaired) electrons. The van der Waals surface area contributed by atoms with E-state index >= 15 is 0 Å². The van der Waals surface area contributed by atoms with Crippen LogP contribution in [0.2, 0.25) is 0 Å². The molecule has 0 aliphatic rings. The van der Waals surface area contributed by atoms with Crippen LogP contribution >= 0.6 is 0 Å². The van der Waals surface area contributed by atoms with Crippen LogP contribution in [-0.2, 0) is 25.0 Å². The second-order valence-corrected chi connectivity index (χ2v) is 7.58. The third kappa shape index (κ3) is 8.99. The molecule has 2 N–H and O–H groups in total. The van der Waals surface area contributed by atoms with Gasteiger partial charge in [0.2, 0.25) is 0 Å². The highest BCUT2D eigenvalue weighted by molar-refractivity contribution is 7.87. The summed E-state index contributed by atoms with van der Waals surface area (Å²) < 4.78 is 68.0. The summed E-state index contributed by atoms with van der Waals surface area (Å²) in [7, 11) is -9.17. The largest absolute Gasteiger partial charge is 0.338 e. The molecule has 0 heterocycles. The van der Waals surface area contributed by atoms with Crippen LogP contribution < -0.4 is 0 Å². The van der Waals surface area contributed by atoms with Crippen molar-refractivity contribution in [3.63, 3.8) is 0 Å². The van der Waals surface area contributed by atoms with Crippen molar-refractivity contribution >= 4 is 20.2 Å². The zero-order valence-corrected chi connectivity index (χ0v) is 13.4. The Morgan fingerprint density at radius 3 is 1.43 bits per heavy atom. The van der Waals surface area contributed by atoms with E-state index in [4.69, 9.17) is 13.8 Å². The summed E-state index contributed by atoms with van der Waals surface area (Å²) in [5.41, 5.74) is -3.40. The van der Waals surface area contributed by atoms with Gasteiger partial charge in [0, 0.05) is 0 Å². The monoisotopic (exact) mass is 342 g/mol. The minimum absolute atomic E-state index is 0.0989. The topological polar surface area (TPSA) is 118 Å². The Bertz CT molecular complexity index is 474. The smallest absolute Gasteiger partial charge is 0.292 e. The minimum Gasteiger partial charge on any atom is -0.338 e. The first kappa shape index (κ1) is 20.3. The molecule has 0 aliphatic carbocycles. The number of unbranched alkanes of at least 4 members (excludes halogenated alkanes) is 2. The van der Waals surface area contributed by atoms with Crippen LogP contribution in [0.3, 0.4) is 0 Å². The number of rotatable bonds is 12. The Hall–Kier alpha value is -0.740. The summed E-state index contributed by atoms with van der Waals surface area (Å²) in [5, 5.41) is 0. The summed E-state index contributed by atoms with van der Waals surface area (Å²) in [6.45, 7) is 6.94. The van der Waals surface area contributed by atoms with Crippen molar-refractivity contribution < 1.29 is 30.7 Å². The Balaban J connectivity index is 4.94. The maximum absolute atomic E-state index is 11.2. The van der Waals surface area contributed by atoms with Gasteiger partial charge in [-0.1, -0.05) is 12.2 Å². The third-order valence-electron chi connectivity index (χ3n) is 2.66. The van der Waals surface area contributed by atoms with Crippen LogP contribution in [0.15, 0.2) is 25.3 Å². The quantitative estimate of drug-likeness (QED) is 0.317. The van der Waals surface area contributed by atoms with E-state index in [9.17, 15) is 16.8 Å². The fourth-order valence-electron chi connectivity index (χ4n) is 1.60. The first-order valence-corrected chi connectivity index (χ1v) is 9.43. The van der Waals surface area contributed by atoms with E-state index in [0.717, 1.165) is 0 Å². The molecule has 21 heavy (non-hydrogen) atoms. The van der Waals surface area contributed by atoms with Crippen LogP contribution in [0, 0.1) is 0 Å². The van der Waals surface area contributed by atoms with Crippen LogP contribution in [0.25, 0.3) is 0 Å². The lowest BCUT2D eigenvalue weighted by atomic mass is 10.2. The molecule has 9 heteroatoms. The number of ether oxygens (including phenoxy) is 1. The van der Waals surface area contributed by atoms with E-state index in [2.05, 4.69) is 13.2 Å². The standard InChI is InChI=1S/C12H22O7S2/c1-3-5-7-9-11(20(13,14)15)19-12(21(16,17)18)10-8-6-4-2/h3-4,11-12H,1-2,5-10H2,(H,13,14,15)(H,16,17,18). The molecule has 0 bridgehead atoms. The molecular weight excluding hydrogens is 320 g/mol. The summed E-state index contributed by atoms with van der Waals surface area (Å²) >= 11 is 0. The Labute approximate surface area is 126 Å². The van der Waals surface area contributed by atoms with E-state index in [1.807, 2.05) is 0 Å². The molecule has 0 spiro atoms. The van der Waals surface area contributed by atoms with Crippen LogP contribution in [0.4, 0.5) is 0 Å². The van der Waals surface area contributed by atoms with Crippen molar-refractivity contribution in [2.24, 2.45) is 0 Å². The molecule has 0 fully saturated rings. The van der Waals surface area contributed by atoms with Gasteiger partial charge >= 0.3 is 0 Å². The van der Waals surface area contributed by atoms with E-state index in [-0.39, 0.29) is 12.8 Å². The predicted molar refractivity (Wildman–Crippen MR) is 79.9 cm³/mol. The molecule has 0 rings (SSSR count). The zero-order chi connectivity index (χ0) is 16.5. The predicted octanol–water partition coefficient (Wildman–Crippen LogP) is 2.14. The molecule has 0 aliphatic heterocycles. The number of hydrogen-bond acceptors (Lipinski definition) is 5. The zero-order valence-electron chi connectivity index (χ0n) is 11.7. The van der Waals surface area contributed by atoms with Crippen molar-refractivity contribution in [1.82, 2.24) is 0 Å². The van der Waals surface area contributed by atoms with Crippen molar-refractivity contribution in [2.75, 3.05) is 0 Å². The summed E-state index contributed by atoms with van der Waals surface area (Å²) in [4.78, 5) is 0. The Morgan fingerprint density at radius 1 is 0.857 bits per heavy atom. The van der Waals surface area contributed by atoms with Gasteiger partial charge in [-0.2, -0.15) is 16.8 Å². The first-order valence-electron chi connectivity index (χ1n) is 6.42. The normalized spacial score (nSPS) is 15.3. The number of allylic oxidation sites excluding steroid dienone is 2. The Morgan fingerprint density at radius 2 is 1.19 bits per heavy atom. The van der Waals surface area contributed by atoms with Gasteiger partial charge in [0.1, 0.15) is 0 Å². The van der Waals surface area contributed by atoms with Gasteiger partial charge in [-0.25, -0.2) is 0 Å². The highest BCUT2D eigenvalue weighted by atomic mass is 32.2. The molecule has 124 valence electrons. The SMILES string of the molecule is C=CCCCC(OC(CCCC=C)S(=O)(=O)O)S(=O)(=O)O. The lowest BCUT2D eigenvalue weighted by Crippen LogP contribution is -2.33. The average Bonchev–Trinajstić information content (AvgIpc) is 2.33. The maximum atomic E-state index is 11.2. The van der Waals surface area contributed by atoms with Gasteiger partial charge < -0.3 is 4.74 Å². The molecule has 2 unspecified atom stereocenters. The summed E-state index contributed by atoms with van der Waals surface area (Å²) in [6, 6.07) is 0. The summed E-state index contributed by atoms with van der Waals surface area (Å²) in [5.74, 6) is 0. The summed E-state index contributed by atoms with van der Waals surface area (Å²) in [6.07, 6.45) is 4.59. The highest BCUT2D eigenvalue weighted by Crippen LogP contribution is 2.19. The maximum Gasteiger partial charge on any atom is 0.292 e. The van der Waals surface area contributed by atoms with E-state index in [0.29, 0.717) is 25.7 Å². The minimum atomic E-state index is -4.58. The van der Waals surface area contributed by atoms with Gasteiger partial charge in [-0.3, -0.25) is 9.11 Å². The van der Waals surface area contributed by atoms with Crippen molar-refractivity contribution in [3.05, 3.63) is 25.3 Å². The molecule has 0 aromatic heterocycles. The molecule has 0 aromatic carbocycles. The van der Waals surface area contributed by atoms with Gasteiger partial charge in [0.15, 0.2) is 10.9 Å². The van der Waals surface area contributed by atoms with Crippen LogP contribution in [0.1, 0.15) is 38.5 Å². The third-order valence-corrected chi connectivity index (χ3v) is 4.69. The van der Waals surface area contributed by atoms with Crippen LogP contribution in [-0.4, -0.2) is 36.8 Å². The van der Waals surface area contributed by atoms with Gasteiger partial charge in [-0.05, 0) is 38.5 Å². The van der Waals surface area contributed by atoms with Crippen LogP contribution in [0.5, 0.6) is 0 Å². The lowest BCUT2D eigenvalue weighted by Gasteiger charge is -2.20. The molecule has 7 nitrogen and oxygen atoms in total. The molecule has 0 saturated heterocycles. The number of hydrogen-bond donors (Lipinski definition) is 2. The van der Waals surface area contributed by atoms with Crippen molar-refractivity contribution in [2.45, 2.75) is 49.4 Å². The average molecular weight is 342 g/mol. The molecule has 0 aromatic rings. The van der Waals surface area contributed by atoms with Gasteiger partial charge in [0.05, 0.1) is 0 Å². The van der Waals surface area contributed by atoms with E-state index in [1.165, 1.54) is 0 Å². The molecule has 0 saturated carbocycles. The first-order chi connectivity index (χ1) is 9.62.